The van der Waals surface area contributed by atoms with E-state index in [4.69, 9.17) is 9.73 Å². The lowest BCUT2D eigenvalue weighted by Gasteiger charge is -2.31. The number of rotatable bonds is 2. The molecule has 1 saturated carbocycles. The highest BCUT2D eigenvalue weighted by molar-refractivity contribution is 9.10. The molecule has 1 heterocycles. The van der Waals surface area contributed by atoms with Crippen LogP contribution >= 0.6 is 27.7 Å². The Morgan fingerprint density at radius 3 is 2.80 bits per heavy atom. The Labute approximate surface area is 132 Å². The first-order valence-electron chi connectivity index (χ1n) is 6.99. The van der Waals surface area contributed by atoms with Crippen LogP contribution in [0.2, 0.25) is 0 Å². The zero-order chi connectivity index (χ0) is 14.0. The Kier molecular flexibility index (Phi) is 4.26. The maximum atomic E-state index is 5.39. The molecule has 1 aromatic carbocycles. The number of thioether (sulfide) groups is 1. The maximum absolute atomic E-state index is 5.39. The Balaban J connectivity index is 1.72. The van der Waals surface area contributed by atoms with Crippen LogP contribution in [0.3, 0.4) is 0 Å². The van der Waals surface area contributed by atoms with Gasteiger partial charge in [0.15, 0.2) is 5.17 Å². The number of ether oxygens (including phenoxy) is 1. The lowest BCUT2D eigenvalue weighted by molar-refractivity contribution is 0.359. The molecule has 1 N–H and O–H groups in total. The van der Waals surface area contributed by atoms with E-state index in [0.717, 1.165) is 27.6 Å². The normalized spacial score (nSPS) is 20.8. The largest absolute Gasteiger partial charge is 0.495 e. The molecule has 0 saturated heterocycles. The van der Waals surface area contributed by atoms with Crippen molar-refractivity contribution in [1.29, 1.82) is 0 Å². The lowest BCUT2D eigenvalue weighted by Crippen LogP contribution is -2.30. The second-order valence-corrected chi connectivity index (χ2v) is 7.47. The van der Waals surface area contributed by atoms with Crippen molar-refractivity contribution in [3.8, 4) is 5.75 Å². The molecular weight excluding hydrogens is 336 g/mol. The summed E-state index contributed by atoms with van der Waals surface area (Å²) in [5.74, 6) is 2.03. The van der Waals surface area contributed by atoms with Gasteiger partial charge in [0.2, 0.25) is 0 Å². The third-order valence-electron chi connectivity index (χ3n) is 4.14. The third kappa shape index (κ3) is 2.98. The molecule has 5 heteroatoms. The highest BCUT2D eigenvalue weighted by Crippen LogP contribution is 2.43. The smallest absolute Gasteiger partial charge is 0.161 e. The minimum atomic E-state index is 0.483. The van der Waals surface area contributed by atoms with Gasteiger partial charge in [-0.2, -0.15) is 0 Å². The van der Waals surface area contributed by atoms with Gasteiger partial charge >= 0.3 is 0 Å². The molecular formula is C15H19BrN2OS. The molecule has 0 radical (unpaired) electrons. The third-order valence-corrected chi connectivity index (χ3v) is 5.90. The van der Waals surface area contributed by atoms with Gasteiger partial charge in [0.05, 0.1) is 12.8 Å². The highest BCUT2D eigenvalue weighted by atomic mass is 79.9. The number of hydrogen-bond acceptors (Lipinski definition) is 4. The zero-order valence-electron chi connectivity index (χ0n) is 11.6. The van der Waals surface area contributed by atoms with E-state index in [1.165, 1.54) is 31.4 Å². The van der Waals surface area contributed by atoms with E-state index >= 15 is 0 Å². The van der Waals surface area contributed by atoms with Gasteiger partial charge in [-0.3, -0.25) is 4.99 Å². The van der Waals surface area contributed by atoms with Crippen LogP contribution in [0.15, 0.2) is 27.7 Å². The number of nitrogens with one attached hydrogen (secondary N) is 1. The van der Waals surface area contributed by atoms with Gasteiger partial charge in [-0.05, 0) is 36.5 Å². The van der Waals surface area contributed by atoms with Gasteiger partial charge in [0, 0.05) is 16.8 Å². The Hall–Kier alpha value is -0.680. The van der Waals surface area contributed by atoms with Crippen molar-refractivity contribution in [3.63, 3.8) is 0 Å². The second kappa shape index (κ2) is 5.98. The molecule has 1 aliphatic carbocycles. The average molecular weight is 355 g/mol. The number of nitrogens with zero attached hydrogens (tertiary/aromatic N) is 1. The van der Waals surface area contributed by atoms with E-state index in [-0.39, 0.29) is 0 Å². The van der Waals surface area contributed by atoms with Gasteiger partial charge in [0.25, 0.3) is 0 Å². The predicted molar refractivity (Wildman–Crippen MR) is 90.0 cm³/mol. The fourth-order valence-corrected chi connectivity index (χ4v) is 4.47. The maximum Gasteiger partial charge on any atom is 0.161 e. The quantitative estimate of drug-likeness (QED) is 0.846. The Morgan fingerprint density at radius 2 is 2.15 bits per heavy atom. The molecule has 0 bridgehead atoms. The molecule has 2 aliphatic rings. The molecule has 20 heavy (non-hydrogen) atoms. The molecule has 1 aromatic rings. The van der Waals surface area contributed by atoms with Crippen LogP contribution in [0, 0.1) is 5.41 Å². The van der Waals surface area contributed by atoms with Crippen LogP contribution in [0.25, 0.3) is 0 Å². The van der Waals surface area contributed by atoms with Crippen molar-refractivity contribution in [2.24, 2.45) is 10.4 Å². The SMILES string of the molecule is COc1ccc(Br)cc1NC1=NCC2(CCCC2)CS1. The number of amidine groups is 1. The van der Waals surface area contributed by atoms with Gasteiger partial charge in [-0.1, -0.05) is 40.5 Å². The van der Waals surface area contributed by atoms with Gasteiger partial charge in [-0.15, -0.1) is 0 Å². The van der Waals surface area contributed by atoms with E-state index < -0.39 is 0 Å². The van der Waals surface area contributed by atoms with Gasteiger partial charge < -0.3 is 10.1 Å². The summed E-state index contributed by atoms with van der Waals surface area (Å²) >= 11 is 5.34. The minimum Gasteiger partial charge on any atom is -0.495 e. The molecule has 3 rings (SSSR count). The summed E-state index contributed by atoms with van der Waals surface area (Å²) in [7, 11) is 1.69. The first-order chi connectivity index (χ1) is 9.71. The summed E-state index contributed by atoms with van der Waals surface area (Å²) in [6.45, 7) is 0.971. The van der Waals surface area contributed by atoms with E-state index in [2.05, 4.69) is 21.2 Å². The monoisotopic (exact) mass is 354 g/mol. The van der Waals surface area contributed by atoms with E-state index in [1.807, 2.05) is 30.0 Å². The fourth-order valence-electron chi connectivity index (χ4n) is 2.95. The molecule has 3 nitrogen and oxygen atoms in total. The first-order valence-corrected chi connectivity index (χ1v) is 8.76. The van der Waals surface area contributed by atoms with E-state index in [9.17, 15) is 0 Å². The standard InChI is InChI=1S/C15H19BrN2OS/c1-19-13-5-4-11(16)8-12(13)18-14-17-9-15(10-20-14)6-2-3-7-15/h4-5,8H,2-3,6-7,9-10H2,1H3,(H,17,18). The summed E-state index contributed by atoms with van der Waals surface area (Å²) in [6, 6.07) is 5.97. The minimum absolute atomic E-state index is 0.483. The van der Waals surface area contributed by atoms with Gasteiger partial charge in [0.1, 0.15) is 5.75 Å². The summed E-state index contributed by atoms with van der Waals surface area (Å²) in [6.07, 6.45) is 5.44. The van der Waals surface area contributed by atoms with Crippen molar-refractivity contribution in [2.45, 2.75) is 25.7 Å². The molecule has 1 aliphatic heterocycles. The number of benzene rings is 1. The van der Waals surface area contributed by atoms with Gasteiger partial charge in [-0.25, -0.2) is 0 Å². The second-order valence-electron chi connectivity index (χ2n) is 5.59. The molecule has 0 unspecified atom stereocenters. The van der Waals surface area contributed by atoms with Crippen LogP contribution < -0.4 is 10.1 Å². The fraction of sp³-hybridized carbons (Fsp3) is 0.533. The van der Waals surface area contributed by atoms with Crippen molar-refractivity contribution in [3.05, 3.63) is 22.7 Å². The number of halogens is 1. The molecule has 1 spiro atoms. The van der Waals surface area contributed by atoms with Crippen LogP contribution in [-0.4, -0.2) is 24.6 Å². The van der Waals surface area contributed by atoms with Crippen LogP contribution in [0.4, 0.5) is 5.69 Å². The van der Waals surface area contributed by atoms with Crippen molar-refractivity contribution in [2.75, 3.05) is 24.7 Å². The number of anilines is 1. The van der Waals surface area contributed by atoms with Crippen molar-refractivity contribution >= 4 is 38.5 Å². The number of aliphatic imine (C=N–C) groups is 1. The zero-order valence-corrected chi connectivity index (χ0v) is 14.0. The summed E-state index contributed by atoms with van der Waals surface area (Å²) in [5, 5.41) is 4.42. The molecule has 0 amide bonds. The van der Waals surface area contributed by atoms with Crippen LogP contribution in [0.5, 0.6) is 5.75 Å². The lowest BCUT2D eigenvalue weighted by atomic mass is 9.89. The van der Waals surface area contributed by atoms with E-state index in [0.29, 0.717) is 5.41 Å². The average Bonchev–Trinajstić information content (AvgIpc) is 2.90. The number of hydrogen-bond donors (Lipinski definition) is 1. The first kappa shape index (κ1) is 14.3. The highest BCUT2D eigenvalue weighted by Gasteiger charge is 2.36. The van der Waals surface area contributed by atoms with Crippen molar-refractivity contribution in [1.82, 2.24) is 0 Å². The molecule has 108 valence electrons. The molecule has 0 aromatic heterocycles. The molecule has 1 fully saturated rings. The number of methoxy groups -OCH3 is 1. The van der Waals surface area contributed by atoms with Crippen LogP contribution in [-0.2, 0) is 0 Å². The van der Waals surface area contributed by atoms with Crippen LogP contribution in [0.1, 0.15) is 25.7 Å². The van der Waals surface area contributed by atoms with Crippen molar-refractivity contribution < 1.29 is 4.74 Å². The topological polar surface area (TPSA) is 33.6 Å². The summed E-state index contributed by atoms with van der Waals surface area (Å²) in [4.78, 5) is 4.76. The predicted octanol–water partition coefficient (Wildman–Crippen LogP) is 4.53. The summed E-state index contributed by atoms with van der Waals surface area (Å²) < 4.78 is 6.42. The Bertz CT molecular complexity index is 527. The summed E-state index contributed by atoms with van der Waals surface area (Å²) in [5.41, 5.74) is 1.45. The van der Waals surface area contributed by atoms with E-state index in [1.54, 1.807) is 7.11 Å². The Morgan fingerprint density at radius 1 is 1.35 bits per heavy atom. The molecule has 0 atom stereocenters.